The Bertz CT molecular complexity index is 984. The van der Waals surface area contributed by atoms with E-state index in [-0.39, 0.29) is 12.2 Å². The molecule has 0 aromatic heterocycles. The predicted molar refractivity (Wildman–Crippen MR) is 111 cm³/mol. The lowest BCUT2D eigenvalue weighted by Crippen LogP contribution is -2.22. The summed E-state index contributed by atoms with van der Waals surface area (Å²) in [6.45, 7) is -0.401. The molecule has 0 saturated heterocycles. The molecule has 5 heteroatoms. The summed E-state index contributed by atoms with van der Waals surface area (Å²) in [6.07, 6.45) is 0.746. The first-order valence-corrected chi connectivity index (χ1v) is 9.31. The van der Waals surface area contributed by atoms with Gasteiger partial charge in [-0.25, -0.2) is 0 Å². The molecule has 3 aromatic carbocycles. The first-order valence-electron chi connectivity index (χ1n) is 9.31. The van der Waals surface area contributed by atoms with Crippen molar-refractivity contribution in [3.63, 3.8) is 0 Å². The number of ketones is 1. The molecule has 0 aliphatic rings. The van der Waals surface area contributed by atoms with Gasteiger partial charge in [-0.2, -0.15) is 0 Å². The van der Waals surface area contributed by atoms with Crippen LogP contribution in [-0.4, -0.2) is 24.3 Å². The van der Waals surface area contributed by atoms with Gasteiger partial charge >= 0.3 is 5.97 Å². The van der Waals surface area contributed by atoms with Crippen molar-refractivity contribution in [3.05, 3.63) is 102 Å². The van der Waals surface area contributed by atoms with Crippen LogP contribution in [0.2, 0.25) is 0 Å². The third-order valence-corrected chi connectivity index (χ3v) is 4.31. The van der Waals surface area contributed by atoms with Crippen LogP contribution in [0.3, 0.4) is 0 Å². The maximum Gasteiger partial charge on any atom is 0.306 e. The number of rotatable bonds is 8. The zero-order chi connectivity index (χ0) is 20.5. The fraction of sp³-hybridized carbons (Fsp3) is 0.125. The van der Waals surface area contributed by atoms with Crippen LogP contribution in [0.4, 0.5) is 5.69 Å². The third-order valence-electron chi connectivity index (χ3n) is 4.31. The SMILES string of the molecule is O=C(COC(=O)CCc1ccccc1)Nc1ccccc1C(=O)c1ccccc1. The number of nitrogens with one attached hydrogen (secondary N) is 1. The standard InChI is InChI=1S/C24H21NO4/c26-22(17-29-23(27)16-15-18-9-3-1-4-10-18)25-21-14-8-7-13-20(21)24(28)19-11-5-2-6-12-19/h1-14H,15-17H2,(H,25,26). The molecule has 0 fully saturated rings. The summed E-state index contributed by atoms with van der Waals surface area (Å²) in [5.41, 5.74) is 2.32. The van der Waals surface area contributed by atoms with Gasteiger partial charge in [-0.1, -0.05) is 72.8 Å². The minimum absolute atomic E-state index is 0.193. The number of esters is 1. The van der Waals surface area contributed by atoms with Crippen molar-refractivity contribution in [2.45, 2.75) is 12.8 Å². The van der Waals surface area contributed by atoms with Gasteiger partial charge in [0.1, 0.15) is 0 Å². The van der Waals surface area contributed by atoms with Crippen LogP contribution in [0, 0.1) is 0 Å². The lowest BCUT2D eigenvalue weighted by atomic mass is 10.0. The molecule has 5 nitrogen and oxygen atoms in total. The normalized spacial score (nSPS) is 10.2. The van der Waals surface area contributed by atoms with Crippen LogP contribution in [0.25, 0.3) is 0 Å². The summed E-state index contributed by atoms with van der Waals surface area (Å²) in [4.78, 5) is 36.8. The van der Waals surface area contributed by atoms with Gasteiger partial charge in [0.05, 0.1) is 5.69 Å². The Labute approximate surface area is 169 Å². The second kappa shape index (κ2) is 9.99. The zero-order valence-electron chi connectivity index (χ0n) is 15.8. The van der Waals surface area contributed by atoms with E-state index in [1.165, 1.54) is 0 Å². The van der Waals surface area contributed by atoms with Crippen molar-refractivity contribution in [1.82, 2.24) is 0 Å². The molecule has 0 spiro atoms. The minimum Gasteiger partial charge on any atom is -0.456 e. The molecule has 0 radical (unpaired) electrons. The highest BCUT2D eigenvalue weighted by Crippen LogP contribution is 2.19. The maximum absolute atomic E-state index is 12.7. The van der Waals surface area contributed by atoms with Crippen LogP contribution in [0.1, 0.15) is 27.9 Å². The number of carbonyl (C=O) groups is 3. The first-order chi connectivity index (χ1) is 14.1. The predicted octanol–water partition coefficient (Wildman–Crippen LogP) is 4.03. The Kier molecular flexibility index (Phi) is 6.90. The van der Waals surface area contributed by atoms with E-state index in [2.05, 4.69) is 5.32 Å². The Balaban J connectivity index is 1.54. The Morgan fingerprint density at radius 1 is 0.759 bits per heavy atom. The summed E-state index contributed by atoms with van der Waals surface area (Å²) < 4.78 is 5.05. The molecule has 0 unspecified atom stereocenters. The van der Waals surface area contributed by atoms with Crippen molar-refractivity contribution in [2.75, 3.05) is 11.9 Å². The lowest BCUT2D eigenvalue weighted by molar-refractivity contribution is -0.147. The molecule has 1 N–H and O–H groups in total. The number of anilines is 1. The average molecular weight is 387 g/mol. The van der Waals surface area contributed by atoms with Crippen LogP contribution in [0.15, 0.2) is 84.9 Å². The largest absolute Gasteiger partial charge is 0.456 e. The number of para-hydroxylation sites is 1. The number of benzene rings is 3. The van der Waals surface area contributed by atoms with Gasteiger partial charge in [0, 0.05) is 17.5 Å². The summed E-state index contributed by atoms with van der Waals surface area (Å²) in [6, 6.07) is 25.2. The molecule has 0 atom stereocenters. The van der Waals surface area contributed by atoms with E-state index >= 15 is 0 Å². The summed E-state index contributed by atoms with van der Waals surface area (Å²) in [5, 5.41) is 2.65. The molecule has 0 saturated carbocycles. The van der Waals surface area contributed by atoms with E-state index in [9.17, 15) is 14.4 Å². The Morgan fingerprint density at radius 2 is 1.38 bits per heavy atom. The van der Waals surface area contributed by atoms with Crippen LogP contribution < -0.4 is 5.32 Å². The third kappa shape index (κ3) is 5.87. The number of ether oxygens (including phenoxy) is 1. The molecule has 0 aliphatic heterocycles. The minimum atomic E-state index is -0.494. The van der Waals surface area contributed by atoms with Crippen LogP contribution in [0.5, 0.6) is 0 Å². The Morgan fingerprint density at radius 3 is 2.10 bits per heavy atom. The molecule has 0 heterocycles. The summed E-state index contributed by atoms with van der Waals surface area (Å²) in [5.74, 6) is -1.13. The first kappa shape index (κ1) is 20.0. The molecule has 3 rings (SSSR count). The summed E-state index contributed by atoms with van der Waals surface area (Å²) in [7, 11) is 0. The monoisotopic (exact) mass is 387 g/mol. The molecular weight excluding hydrogens is 366 g/mol. The van der Waals surface area contributed by atoms with Crippen molar-refractivity contribution >= 4 is 23.3 Å². The smallest absolute Gasteiger partial charge is 0.306 e. The van der Waals surface area contributed by atoms with Gasteiger partial charge in [-0.05, 0) is 24.1 Å². The number of carbonyl (C=O) groups excluding carboxylic acids is 3. The molecule has 0 aliphatic carbocycles. The van der Waals surface area contributed by atoms with E-state index in [0.29, 0.717) is 23.2 Å². The second-order valence-corrected chi connectivity index (χ2v) is 6.44. The fourth-order valence-corrected chi connectivity index (χ4v) is 2.83. The van der Waals surface area contributed by atoms with E-state index in [4.69, 9.17) is 4.74 Å². The Hall–Kier alpha value is -3.73. The van der Waals surface area contributed by atoms with E-state index in [1.807, 2.05) is 36.4 Å². The molecule has 3 aromatic rings. The lowest BCUT2D eigenvalue weighted by Gasteiger charge is -2.11. The highest BCUT2D eigenvalue weighted by molar-refractivity contribution is 6.13. The second-order valence-electron chi connectivity index (χ2n) is 6.44. The van der Waals surface area contributed by atoms with Gasteiger partial charge in [-0.15, -0.1) is 0 Å². The maximum atomic E-state index is 12.7. The van der Waals surface area contributed by atoms with Crippen molar-refractivity contribution < 1.29 is 19.1 Å². The van der Waals surface area contributed by atoms with Crippen LogP contribution >= 0.6 is 0 Å². The molecule has 146 valence electrons. The van der Waals surface area contributed by atoms with Gasteiger partial charge in [0.2, 0.25) is 0 Å². The number of amides is 1. The van der Waals surface area contributed by atoms with Crippen LogP contribution in [-0.2, 0) is 20.7 Å². The van der Waals surface area contributed by atoms with Gasteiger partial charge in [-0.3, -0.25) is 14.4 Å². The topological polar surface area (TPSA) is 72.5 Å². The van der Waals surface area contributed by atoms with Crippen molar-refractivity contribution in [3.8, 4) is 0 Å². The van der Waals surface area contributed by atoms with Crippen molar-refractivity contribution in [2.24, 2.45) is 0 Å². The van der Waals surface area contributed by atoms with E-state index < -0.39 is 18.5 Å². The highest BCUT2D eigenvalue weighted by Gasteiger charge is 2.15. The quantitative estimate of drug-likeness (QED) is 0.468. The highest BCUT2D eigenvalue weighted by atomic mass is 16.5. The van der Waals surface area contributed by atoms with E-state index in [0.717, 1.165) is 5.56 Å². The molecule has 29 heavy (non-hydrogen) atoms. The zero-order valence-corrected chi connectivity index (χ0v) is 15.8. The fourth-order valence-electron chi connectivity index (χ4n) is 2.83. The van der Waals surface area contributed by atoms with Gasteiger partial charge < -0.3 is 10.1 Å². The van der Waals surface area contributed by atoms with Gasteiger partial charge in [0.25, 0.3) is 5.91 Å². The van der Waals surface area contributed by atoms with Crippen molar-refractivity contribution in [1.29, 1.82) is 0 Å². The number of aryl methyl sites for hydroxylation is 1. The van der Waals surface area contributed by atoms with Gasteiger partial charge in [0.15, 0.2) is 12.4 Å². The number of hydrogen-bond acceptors (Lipinski definition) is 4. The van der Waals surface area contributed by atoms with E-state index in [1.54, 1.807) is 48.5 Å². The molecule has 0 bridgehead atoms. The average Bonchev–Trinajstić information content (AvgIpc) is 2.77. The molecule has 1 amide bonds. The molecular formula is C24H21NO4. The number of hydrogen-bond donors (Lipinski definition) is 1. The summed E-state index contributed by atoms with van der Waals surface area (Å²) >= 11 is 0.